The zero-order valence-corrected chi connectivity index (χ0v) is 21.3. The quantitative estimate of drug-likeness (QED) is 0.520. The van der Waals surface area contributed by atoms with Crippen LogP contribution in [0.5, 0.6) is 0 Å². The van der Waals surface area contributed by atoms with E-state index in [1.807, 2.05) is 37.7 Å². The Morgan fingerprint density at radius 1 is 1.32 bits per heavy atom. The molecule has 1 saturated heterocycles. The molecule has 1 fully saturated rings. The first-order valence-corrected chi connectivity index (χ1v) is 12.5. The van der Waals surface area contributed by atoms with Gasteiger partial charge in [-0.1, -0.05) is 23.7 Å². The first-order valence-electron chi connectivity index (χ1n) is 11.3. The molecule has 0 spiro atoms. The maximum absolute atomic E-state index is 13.3. The van der Waals surface area contributed by atoms with Crippen LogP contribution in [0.25, 0.3) is 10.2 Å². The van der Waals surface area contributed by atoms with Crippen LogP contribution in [0.4, 0.5) is 0 Å². The van der Waals surface area contributed by atoms with Crippen molar-refractivity contribution in [1.82, 2.24) is 20.1 Å². The van der Waals surface area contributed by atoms with Gasteiger partial charge in [-0.15, -0.1) is 11.3 Å². The van der Waals surface area contributed by atoms with E-state index in [-0.39, 0.29) is 28.9 Å². The number of nitrogens with one attached hydrogen (secondary N) is 2. The SMILES string of the molecule is Cc1c(CN(C)[C@@H](C)[C@@H]2CCNC2=O)sc2c(=O)c(C(=O)NCc3ccc(Cl)cc3)cn(C)c12. The zero-order chi connectivity index (χ0) is 24.6. The molecule has 4 rings (SSSR count). The highest BCUT2D eigenvalue weighted by atomic mass is 35.5. The first-order chi connectivity index (χ1) is 16.2. The molecule has 0 bridgehead atoms. The lowest BCUT2D eigenvalue weighted by Gasteiger charge is -2.28. The Labute approximate surface area is 207 Å². The number of halogens is 1. The Hall–Kier alpha value is -2.68. The lowest BCUT2D eigenvalue weighted by atomic mass is 9.98. The van der Waals surface area contributed by atoms with Crippen molar-refractivity contribution in [1.29, 1.82) is 0 Å². The minimum Gasteiger partial charge on any atom is -0.356 e. The molecule has 2 N–H and O–H groups in total. The van der Waals surface area contributed by atoms with Crippen molar-refractivity contribution in [3.8, 4) is 0 Å². The summed E-state index contributed by atoms with van der Waals surface area (Å²) in [6.07, 6.45) is 2.45. The lowest BCUT2D eigenvalue weighted by molar-refractivity contribution is -0.124. The summed E-state index contributed by atoms with van der Waals surface area (Å²) < 4.78 is 2.44. The van der Waals surface area contributed by atoms with Gasteiger partial charge in [-0.3, -0.25) is 19.3 Å². The van der Waals surface area contributed by atoms with Gasteiger partial charge in [0.25, 0.3) is 5.91 Å². The van der Waals surface area contributed by atoms with Crippen molar-refractivity contribution in [3.05, 3.63) is 67.3 Å². The molecule has 34 heavy (non-hydrogen) atoms. The summed E-state index contributed by atoms with van der Waals surface area (Å²) in [7, 11) is 3.87. The summed E-state index contributed by atoms with van der Waals surface area (Å²) in [6.45, 7) is 5.74. The van der Waals surface area contributed by atoms with E-state index in [2.05, 4.69) is 22.5 Å². The number of pyridine rings is 1. The molecule has 9 heteroatoms. The van der Waals surface area contributed by atoms with Crippen LogP contribution in [-0.2, 0) is 24.9 Å². The number of hydrogen-bond donors (Lipinski definition) is 2. The Bertz CT molecular complexity index is 1300. The molecule has 3 heterocycles. The zero-order valence-electron chi connectivity index (χ0n) is 19.8. The molecule has 0 unspecified atom stereocenters. The van der Waals surface area contributed by atoms with E-state index < -0.39 is 5.91 Å². The highest BCUT2D eigenvalue weighted by molar-refractivity contribution is 7.19. The largest absolute Gasteiger partial charge is 0.356 e. The minimum absolute atomic E-state index is 0.0261. The highest BCUT2D eigenvalue weighted by Gasteiger charge is 2.32. The molecule has 2 amide bonds. The smallest absolute Gasteiger partial charge is 0.257 e. The number of thiophene rings is 1. The number of aromatic nitrogens is 1. The standard InChI is InChI=1S/C25H29ClN4O3S/c1-14-20(13-29(3)15(2)18-9-10-27-24(18)32)34-23-21(14)30(4)12-19(22(23)31)25(33)28-11-16-5-7-17(26)8-6-16/h5-8,12,15,18H,9-11,13H2,1-4H3,(H,27,32)(H,28,33)/t15-,18-/m0/s1. The van der Waals surface area contributed by atoms with Crippen LogP contribution in [0.2, 0.25) is 5.02 Å². The van der Waals surface area contributed by atoms with Crippen molar-refractivity contribution < 1.29 is 9.59 Å². The first kappa shape index (κ1) is 24.4. The number of rotatable bonds is 7. The number of nitrogens with zero attached hydrogens (tertiary/aromatic N) is 2. The number of benzene rings is 1. The van der Waals surface area contributed by atoms with Gasteiger partial charge in [-0.05, 0) is 50.6 Å². The molecule has 7 nitrogen and oxygen atoms in total. The van der Waals surface area contributed by atoms with Gasteiger partial charge < -0.3 is 15.2 Å². The van der Waals surface area contributed by atoms with Gasteiger partial charge in [0.05, 0.1) is 16.1 Å². The molecule has 0 saturated carbocycles. The molecular weight excluding hydrogens is 472 g/mol. The molecule has 180 valence electrons. The van der Waals surface area contributed by atoms with E-state index in [4.69, 9.17) is 11.6 Å². The van der Waals surface area contributed by atoms with Gasteiger partial charge >= 0.3 is 0 Å². The molecule has 2 atom stereocenters. The molecule has 0 aliphatic carbocycles. The maximum Gasteiger partial charge on any atom is 0.257 e. The third-order valence-electron chi connectivity index (χ3n) is 6.71. The Balaban J connectivity index is 1.57. The molecule has 2 aromatic heterocycles. The van der Waals surface area contributed by atoms with Crippen molar-refractivity contribution in [2.45, 2.75) is 39.4 Å². The van der Waals surface area contributed by atoms with E-state index >= 15 is 0 Å². The topological polar surface area (TPSA) is 83.4 Å². The molecule has 1 aliphatic rings. The van der Waals surface area contributed by atoms with Crippen LogP contribution in [0.15, 0.2) is 35.3 Å². The Morgan fingerprint density at radius 3 is 2.68 bits per heavy atom. The van der Waals surface area contributed by atoms with Crippen LogP contribution >= 0.6 is 22.9 Å². The fourth-order valence-corrected chi connectivity index (χ4v) is 6.00. The predicted molar refractivity (Wildman–Crippen MR) is 136 cm³/mol. The van der Waals surface area contributed by atoms with E-state index in [0.717, 1.165) is 34.5 Å². The van der Waals surface area contributed by atoms with Gasteiger partial charge in [-0.25, -0.2) is 0 Å². The van der Waals surface area contributed by atoms with Crippen molar-refractivity contribution in [2.24, 2.45) is 13.0 Å². The number of carbonyl (C=O) groups is 2. The van der Waals surface area contributed by atoms with Crippen molar-refractivity contribution in [3.63, 3.8) is 0 Å². The number of hydrogen-bond acceptors (Lipinski definition) is 5. The fourth-order valence-electron chi connectivity index (χ4n) is 4.51. The fraction of sp³-hybridized carbons (Fsp3) is 0.400. The third-order valence-corrected chi connectivity index (χ3v) is 8.23. The summed E-state index contributed by atoms with van der Waals surface area (Å²) in [5.74, 6) is -0.320. The normalized spacial score (nSPS) is 16.8. The Morgan fingerprint density at radius 2 is 2.03 bits per heavy atom. The summed E-state index contributed by atoms with van der Waals surface area (Å²) >= 11 is 7.35. The summed E-state index contributed by atoms with van der Waals surface area (Å²) in [5, 5.41) is 6.37. The number of fused-ring (bicyclic) bond motifs is 1. The predicted octanol–water partition coefficient (Wildman–Crippen LogP) is 3.45. The third kappa shape index (κ3) is 4.76. The molecule has 0 radical (unpaired) electrons. The van der Waals surface area contributed by atoms with E-state index in [1.54, 1.807) is 18.3 Å². The van der Waals surface area contributed by atoms with Crippen LogP contribution in [0, 0.1) is 12.8 Å². The second-order valence-electron chi connectivity index (χ2n) is 8.96. The van der Waals surface area contributed by atoms with Gasteiger partial charge in [-0.2, -0.15) is 0 Å². The van der Waals surface area contributed by atoms with E-state index in [0.29, 0.717) is 22.8 Å². The summed E-state index contributed by atoms with van der Waals surface area (Å²) in [5.41, 5.74) is 2.65. The van der Waals surface area contributed by atoms with Gasteiger partial charge in [0.2, 0.25) is 11.3 Å². The van der Waals surface area contributed by atoms with Crippen LogP contribution in [0.1, 0.15) is 39.7 Å². The van der Waals surface area contributed by atoms with E-state index in [1.165, 1.54) is 11.3 Å². The lowest BCUT2D eigenvalue weighted by Crippen LogP contribution is -2.38. The summed E-state index contributed by atoms with van der Waals surface area (Å²) in [4.78, 5) is 41.4. The number of carbonyl (C=O) groups excluding carboxylic acids is 2. The number of aryl methyl sites for hydroxylation is 2. The summed E-state index contributed by atoms with van der Waals surface area (Å²) in [6, 6.07) is 7.29. The van der Waals surface area contributed by atoms with Crippen molar-refractivity contribution in [2.75, 3.05) is 13.6 Å². The molecule has 1 aromatic carbocycles. The van der Waals surface area contributed by atoms with Crippen LogP contribution in [0.3, 0.4) is 0 Å². The van der Waals surface area contributed by atoms with Gasteiger partial charge in [0.15, 0.2) is 0 Å². The molecule has 1 aliphatic heterocycles. The van der Waals surface area contributed by atoms with Crippen molar-refractivity contribution >= 4 is 45.0 Å². The second kappa shape index (κ2) is 9.90. The molecular formula is C25H29ClN4O3S. The van der Waals surface area contributed by atoms with Crippen LogP contribution in [-0.4, -0.2) is 40.9 Å². The second-order valence-corrected chi connectivity index (χ2v) is 10.5. The minimum atomic E-state index is -0.400. The van der Waals surface area contributed by atoms with Gasteiger partial charge in [0.1, 0.15) is 5.56 Å². The Kier molecular flexibility index (Phi) is 7.12. The monoisotopic (exact) mass is 500 g/mol. The maximum atomic E-state index is 13.3. The van der Waals surface area contributed by atoms with Gasteiger partial charge in [0, 0.05) is 48.8 Å². The highest BCUT2D eigenvalue weighted by Crippen LogP contribution is 2.31. The van der Waals surface area contributed by atoms with E-state index in [9.17, 15) is 14.4 Å². The molecule has 3 aromatic rings. The average molecular weight is 501 g/mol. The van der Waals surface area contributed by atoms with Crippen LogP contribution < -0.4 is 16.1 Å². The average Bonchev–Trinajstić information content (AvgIpc) is 3.38. The number of amides is 2.